The fraction of sp³-hybridized carbons (Fsp3) is 0.533. The molecule has 2 unspecified atom stereocenters. The fourth-order valence-corrected chi connectivity index (χ4v) is 2.95. The van der Waals surface area contributed by atoms with Gasteiger partial charge in [-0.1, -0.05) is 25.5 Å². The molecule has 1 aromatic carbocycles. The van der Waals surface area contributed by atoms with Crippen LogP contribution in [0.3, 0.4) is 0 Å². The summed E-state index contributed by atoms with van der Waals surface area (Å²) in [4.78, 5) is 0. The zero-order valence-corrected chi connectivity index (χ0v) is 10.7. The maximum Gasteiger partial charge on any atom is 0.128 e. The van der Waals surface area contributed by atoms with Crippen LogP contribution >= 0.6 is 0 Å². The Morgan fingerprint density at radius 1 is 1.53 bits per heavy atom. The van der Waals surface area contributed by atoms with Crippen molar-refractivity contribution in [3.8, 4) is 6.07 Å². The third-order valence-electron chi connectivity index (χ3n) is 3.90. The zero-order chi connectivity index (χ0) is 12.3. The van der Waals surface area contributed by atoms with E-state index in [0.29, 0.717) is 5.92 Å². The van der Waals surface area contributed by atoms with E-state index in [4.69, 9.17) is 0 Å². The quantitative estimate of drug-likeness (QED) is 0.852. The standard InChI is InChI=1S/C15H20N2/c1-3-13-7-5-9-15(13,11-16)17-14-8-4-6-12(2)10-14/h4,6,8,10,13,17H,3,5,7,9H2,1-2H3. The van der Waals surface area contributed by atoms with E-state index in [1.165, 1.54) is 12.0 Å². The number of nitriles is 1. The summed E-state index contributed by atoms with van der Waals surface area (Å²) in [6.45, 7) is 4.26. The Morgan fingerprint density at radius 3 is 3.00 bits per heavy atom. The van der Waals surface area contributed by atoms with Crippen LogP contribution in [0.1, 0.15) is 38.2 Å². The molecule has 2 heteroatoms. The predicted octanol–water partition coefficient (Wildman–Crippen LogP) is 3.88. The molecule has 0 aliphatic heterocycles. The summed E-state index contributed by atoms with van der Waals surface area (Å²) in [5.74, 6) is 0.480. The molecule has 17 heavy (non-hydrogen) atoms. The Hall–Kier alpha value is -1.49. The molecule has 2 nitrogen and oxygen atoms in total. The highest BCUT2D eigenvalue weighted by molar-refractivity contribution is 5.50. The van der Waals surface area contributed by atoms with Gasteiger partial charge in [0.25, 0.3) is 0 Å². The topological polar surface area (TPSA) is 35.8 Å². The third kappa shape index (κ3) is 2.29. The van der Waals surface area contributed by atoms with Crippen LogP contribution in [-0.4, -0.2) is 5.54 Å². The molecule has 1 N–H and O–H groups in total. The van der Waals surface area contributed by atoms with Crippen molar-refractivity contribution in [2.75, 3.05) is 5.32 Å². The van der Waals surface area contributed by atoms with Crippen molar-refractivity contribution in [1.29, 1.82) is 5.26 Å². The molecule has 0 spiro atoms. The van der Waals surface area contributed by atoms with Crippen LogP contribution in [-0.2, 0) is 0 Å². The molecule has 1 fully saturated rings. The molecule has 1 aliphatic carbocycles. The lowest BCUT2D eigenvalue weighted by atomic mass is 9.86. The van der Waals surface area contributed by atoms with Crippen LogP contribution in [0.2, 0.25) is 0 Å². The number of nitrogens with one attached hydrogen (secondary N) is 1. The van der Waals surface area contributed by atoms with Gasteiger partial charge >= 0.3 is 0 Å². The molecule has 1 aliphatic rings. The van der Waals surface area contributed by atoms with E-state index in [1.54, 1.807) is 0 Å². The number of benzene rings is 1. The minimum absolute atomic E-state index is 0.345. The van der Waals surface area contributed by atoms with Crippen LogP contribution < -0.4 is 5.32 Å². The summed E-state index contributed by atoms with van der Waals surface area (Å²) in [5, 5.41) is 13.0. The molecule has 0 heterocycles. The first-order chi connectivity index (χ1) is 8.20. The average Bonchev–Trinajstić information content (AvgIpc) is 2.72. The van der Waals surface area contributed by atoms with Gasteiger partial charge < -0.3 is 5.32 Å². The van der Waals surface area contributed by atoms with E-state index in [2.05, 4.69) is 43.4 Å². The molecule has 0 saturated heterocycles. The maximum absolute atomic E-state index is 9.54. The predicted molar refractivity (Wildman–Crippen MR) is 70.8 cm³/mol. The van der Waals surface area contributed by atoms with Gasteiger partial charge in [-0.2, -0.15) is 5.26 Å². The van der Waals surface area contributed by atoms with Crippen molar-refractivity contribution in [1.82, 2.24) is 0 Å². The Bertz CT molecular complexity index is 433. The highest BCUT2D eigenvalue weighted by Gasteiger charge is 2.42. The molecule has 0 amide bonds. The minimum atomic E-state index is -0.345. The van der Waals surface area contributed by atoms with Crippen LogP contribution in [0.5, 0.6) is 0 Å². The second-order valence-corrected chi connectivity index (χ2v) is 5.08. The highest BCUT2D eigenvalue weighted by Crippen LogP contribution is 2.39. The van der Waals surface area contributed by atoms with E-state index in [9.17, 15) is 5.26 Å². The monoisotopic (exact) mass is 228 g/mol. The van der Waals surface area contributed by atoms with Gasteiger partial charge in [-0.15, -0.1) is 0 Å². The number of aryl methyl sites for hydroxylation is 1. The smallest absolute Gasteiger partial charge is 0.128 e. The van der Waals surface area contributed by atoms with Gasteiger partial charge in [-0.3, -0.25) is 0 Å². The molecule has 0 bridgehead atoms. The number of nitrogens with zero attached hydrogens (tertiary/aromatic N) is 1. The number of hydrogen-bond donors (Lipinski definition) is 1. The normalized spacial score (nSPS) is 27.7. The SMILES string of the molecule is CCC1CCCC1(C#N)Nc1cccc(C)c1. The van der Waals surface area contributed by atoms with E-state index in [-0.39, 0.29) is 5.54 Å². The van der Waals surface area contributed by atoms with E-state index in [1.807, 2.05) is 6.07 Å². The van der Waals surface area contributed by atoms with Gasteiger partial charge in [-0.05, 0) is 49.8 Å². The number of anilines is 1. The second kappa shape index (κ2) is 4.79. The first-order valence-corrected chi connectivity index (χ1v) is 6.46. The molecule has 1 aromatic rings. The lowest BCUT2D eigenvalue weighted by molar-refractivity contribution is 0.414. The summed E-state index contributed by atoms with van der Waals surface area (Å²) in [6, 6.07) is 10.8. The summed E-state index contributed by atoms with van der Waals surface area (Å²) in [7, 11) is 0. The second-order valence-electron chi connectivity index (χ2n) is 5.08. The highest BCUT2D eigenvalue weighted by atomic mass is 15.0. The van der Waals surface area contributed by atoms with Gasteiger partial charge in [-0.25, -0.2) is 0 Å². The Balaban J connectivity index is 2.23. The molecule has 2 rings (SSSR count). The number of hydrogen-bond acceptors (Lipinski definition) is 2. The summed E-state index contributed by atoms with van der Waals surface area (Å²) >= 11 is 0. The molecular formula is C15H20N2. The number of rotatable bonds is 3. The molecule has 0 aromatic heterocycles. The first-order valence-electron chi connectivity index (χ1n) is 6.46. The van der Waals surface area contributed by atoms with Gasteiger partial charge in [0.2, 0.25) is 0 Å². The van der Waals surface area contributed by atoms with Gasteiger partial charge in [0.05, 0.1) is 6.07 Å². The van der Waals surface area contributed by atoms with Gasteiger partial charge in [0, 0.05) is 5.69 Å². The lowest BCUT2D eigenvalue weighted by Gasteiger charge is -2.30. The Kier molecular flexibility index (Phi) is 3.38. The van der Waals surface area contributed by atoms with Crippen LogP contribution in [0.25, 0.3) is 0 Å². The molecule has 90 valence electrons. The van der Waals surface area contributed by atoms with E-state index in [0.717, 1.165) is 24.9 Å². The van der Waals surface area contributed by atoms with Crippen molar-refractivity contribution < 1.29 is 0 Å². The first kappa shape index (κ1) is 12.0. The third-order valence-corrected chi connectivity index (χ3v) is 3.90. The van der Waals surface area contributed by atoms with Crippen LogP contribution in [0, 0.1) is 24.2 Å². The van der Waals surface area contributed by atoms with Crippen LogP contribution in [0.15, 0.2) is 24.3 Å². The van der Waals surface area contributed by atoms with Crippen molar-refractivity contribution in [2.45, 2.75) is 45.1 Å². The van der Waals surface area contributed by atoms with Crippen LogP contribution in [0.4, 0.5) is 5.69 Å². The van der Waals surface area contributed by atoms with Crippen molar-refractivity contribution in [3.63, 3.8) is 0 Å². The molecule has 2 atom stereocenters. The summed E-state index contributed by atoms with van der Waals surface area (Å²) < 4.78 is 0. The largest absolute Gasteiger partial charge is 0.367 e. The average molecular weight is 228 g/mol. The van der Waals surface area contributed by atoms with E-state index >= 15 is 0 Å². The van der Waals surface area contributed by atoms with Crippen molar-refractivity contribution in [3.05, 3.63) is 29.8 Å². The summed E-state index contributed by atoms with van der Waals surface area (Å²) in [6.07, 6.45) is 4.37. The zero-order valence-electron chi connectivity index (χ0n) is 10.7. The molecule has 1 saturated carbocycles. The minimum Gasteiger partial charge on any atom is -0.367 e. The van der Waals surface area contributed by atoms with Crippen molar-refractivity contribution in [2.24, 2.45) is 5.92 Å². The summed E-state index contributed by atoms with van der Waals surface area (Å²) in [5.41, 5.74) is 1.96. The van der Waals surface area contributed by atoms with E-state index < -0.39 is 0 Å². The van der Waals surface area contributed by atoms with Crippen molar-refractivity contribution >= 4 is 5.69 Å². The lowest BCUT2D eigenvalue weighted by Crippen LogP contribution is -2.40. The maximum atomic E-state index is 9.54. The Labute approximate surface area is 104 Å². The van der Waals surface area contributed by atoms with Gasteiger partial charge in [0.15, 0.2) is 0 Å². The Morgan fingerprint density at radius 2 is 2.35 bits per heavy atom. The molecular weight excluding hydrogens is 208 g/mol. The fourth-order valence-electron chi connectivity index (χ4n) is 2.95. The van der Waals surface area contributed by atoms with Gasteiger partial charge in [0.1, 0.15) is 5.54 Å². The molecule has 0 radical (unpaired) electrons.